The van der Waals surface area contributed by atoms with Crippen LogP contribution in [0.2, 0.25) is 15.1 Å². The van der Waals surface area contributed by atoms with Crippen LogP contribution in [0.1, 0.15) is 76.7 Å². The third kappa shape index (κ3) is 8.38. The van der Waals surface area contributed by atoms with Crippen LogP contribution in [0.25, 0.3) is 22.2 Å². The Balaban J connectivity index is 1.35. The fourth-order valence-corrected chi connectivity index (χ4v) is 10.2. The molecule has 0 saturated carbocycles. The summed E-state index contributed by atoms with van der Waals surface area (Å²) >= 11 is 19.7. The van der Waals surface area contributed by atoms with Gasteiger partial charge in [-0.3, -0.25) is 4.79 Å². The van der Waals surface area contributed by atoms with Crippen LogP contribution in [0.4, 0.5) is 11.4 Å². The van der Waals surface area contributed by atoms with Gasteiger partial charge in [-0.25, -0.2) is 13.3 Å². The van der Waals surface area contributed by atoms with Crippen molar-refractivity contribution in [1.29, 1.82) is 0 Å². The lowest BCUT2D eigenvalue weighted by molar-refractivity contribution is 0.0600. The van der Waals surface area contributed by atoms with Crippen molar-refractivity contribution in [2.45, 2.75) is 45.2 Å². The Kier molecular flexibility index (Phi) is 12.5. The number of nitrogens with one attached hydrogen (secondary N) is 2. The molecule has 296 valence electrons. The van der Waals surface area contributed by atoms with Crippen LogP contribution < -0.4 is 10.2 Å². The molecule has 2 saturated heterocycles. The highest BCUT2D eigenvalue weighted by molar-refractivity contribution is 7.82. The Hall–Kier alpha value is -4.58. The number of esters is 1. The quantitative estimate of drug-likeness (QED) is 0.129. The number of halogens is 3. The van der Waals surface area contributed by atoms with Crippen molar-refractivity contribution < 1.29 is 18.5 Å². The molecule has 4 aromatic carbocycles. The van der Waals surface area contributed by atoms with Crippen LogP contribution in [0.3, 0.4) is 0 Å². The molecule has 2 atom stereocenters. The molecule has 2 N–H and O–H groups in total. The third-order valence-corrected chi connectivity index (χ3v) is 13.3. The average molecular weight is 845 g/mol. The number of methoxy groups -OCH3 is 1. The number of nitrogens with zero attached hydrogens (tertiary/aromatic N) is 3. The maximum Gasteiger partial charge on any atom is 0.337 e. The molecule has 9 nitrogen and oxygen atoms in total. The minimum atomic E-state index is -0.939. The molecule has 2 aliphatic heterocycles. The molecule has 0 radical (unpaired) electrons. The summed E-state index contributed by atoms with van der Waals surface area (Å²) in [7, 11) is 0.391. The van der Waals surface area contributed by atoms with Gasteiger partial charge in [0.05, 0.1) is 46.8 Å². The Labute approximate surface area is 350 Å². The minimum absolute atomic E-state index is 0.230. The van der Waals surface area contributed by atoms with Crippen molar-refractivity contribution in [3.05, 3.63) is 141 Å². The molecule has 13 heteroatoms. The van der Waals surface area contributed by atoms with Gasteiger partial charge >= 0.3 is 5.97 Å². The van der Waals surface area contributed by atoms with Crippen LogP contribution in [-0.4, -0.2) is 68.8 Å². The molecule has 3 heterocycles. The molecule has 2 fully saturated rings. The molecule has 1 amide bonds. The topological polar surface area (TPSA) is 98.0 Å². The summed E-state index contributed by atoms with van der Waals surface area (Å²) in [5.74, 6) is -0.233. The Bertz CT molecular complexity index is 2390. The zero-order valence-electron chi connectivity index (χ0n) is 32.0. The molecule has 0 spiro atoms. The second kappa shape index (κ2) is 17.5. The normalized spacial score (nSPS) is 17.3. The number of hydrogen-bond donors (Lipinski definition) is 2. The van der Waals surface area contributed by atoms with E-state index in [0.29, 0.717) is 56.2 Å². The number of H-pyrrole nitrogens is 1. The third-order valence-electron chi connectivity index (χ3n) is 10.9. The van der Waals surface area contributed by atoms with Crippen LogP contribution in [-0.2, 0) is 15.7 Å². The summed E-state index contributed by atoms with van der Waals surface area (Å²) in [4.78, 5) is 35.4. The number of benzene rings is 4. The summed E-state index contributed by atoms with van der Waals surface area (Å²) in [5, 5.41) is 5.47. The summed E-state index contributed by atoms with van der Waals surface area (Å²) in [5.41, 5.74) is 6.46. The fraction of sp³-hybridized carbons (Fsp3) is 0.273. The second-order valence-corrected chi connectivity index (χ2v) is 17.1. The first-order chi connectivity index (χ1) is 27.5. The summed E-state index contributed by atoms with van der Waals surface area (Å²) in [6.07, 6.45) is 4.34. The highest BCUT2D eigenvalue weighted by atomic mass is 35.5. The fourth-order valence-electron chi connectivity index (χ4n) is 8.00. The molecular weight excluding hydrogens is 801 g/mol. The Morgan fingerprint density at radius 1 is 0.965 bits per heavy atom. The number of carbonyl (C=O) groups is 2. The molecule has 0 aliphatic carbocycles. The number of fused-ring (bicyclic) bond motifs is 1. The molecule has 2 aliphatic rings. The summed E-state index contributed by atoms with van der Waals surface area (Å²) in [6.45, 7) is 10.5. The van der Waals surface area contributed by atoms with E-state index in [4.69, 9.17) is 39.5 Å². The van der Waals surface area contributed by atoms with Crippen LogP contribution >= 0.6 is 34.8 Å². The van der Waals surface area contributed by atoms with Crippen LogP contribution in [0, 0.1) is 0 Å². The van der Waals surface area contributed by atoms with Gasteiger partial charge in [0.25, 0.3) is 5.91 Å². The zero-order valence-corrected chi connectivity index (χ0v) is 35.1. The predicted octanol–water partition coefficient (Wildman–Crippen LogP) is 10.6. The lowest BCUT2D eigenvalue weighted by Crippen LogP contribution is -2.44. The van der Waals surface area contributed by atoms with E-state index in [2.05, 4.69) is 26.1 Å². The number of amides is 1. The second-order valence-electron chi connectivity index (χ2n) is 14.3. The summed E-state index contributed by atoms with van der Waals surface area (Å²) in [6, 6.07) is 26.0. The van der Waals surface area contributed by atoms with E-state index in [1.165, 1.54) is 7.11 Å². The number of piperidine rings is 1. The van der Waals surface area contributed by atoms with Gasteiger partial charge in [-0.1, -0.05) is 83.8 Å². The monoisotopic (exact) mass is 843 g/mol. The first-order valence-corrected chi connectivity index (χ1v) is 21.3. The molecule has 1 aromatic heterocycles. The van der Waals surface area contributed by atoms with E-state index < -0.39 is 22.9 Å². The van der Waals surface area contributed by atoms with Crippen molar-refractivity contribution in [1.82, 2.24) is 14.2 Å². The lowest BCUT2D eigenvalue weighted by Gasteiger charge is -2.37. The summed E-state index contributed by atoms with van der Waals surface area (Å²) < 4.78 is 19.8. The molecular formula is C44H44Cl3N5O4S. The average Bonchev–Trinajstić information content (AvgIpc) is 3.82. The van der Waals surface area contributed by atoms with E-state index in [1.807, 2.05) is 67.3 Å². The molecule has 5 aromatic rings. The van der Waals surface area contributed by atoms with Gasteiger partial charge in [0.2, 0.25) is 0 Å². The van der Waals surface area contributed by atoms with Crippen molar-refractivity contribution in [2.75, 3.05) is 42.7 Å². The number of ether oxygens (including phenoxy) is 1. The molecule has 57 heavy (non-hydrogen) atoms. The zero-order chi connectivity index (χ0) is 40.4. The number of rotatable bonds is 11. The van der Waals surface area contributed by atoms with E-state index in [0.717, 1.165) is 59.3 Å². The van der Waals surface area contributed by atoms with E-state index >= 15 is 0 Å². The largest absolute Gasteiger partial charge is 0.465 e. The number of aromatic nitrogens is 1. The first-order valence-electron chi connectivity index (χ1n) is 18.9. The van der Waals surface area contributed by atoms with Gasteiger partial charge in [0, 0.05) is 63.0 Å². The molecule has 7 rings (SSSR count). The standard InChI is InChI=1S/C44H44Cl3N5O4S/c1-5-51(28(3)34-15-13-31(45)25-36(34)47)42(27(2)29-10-7-6-8-11-29)40-35-16-14-32(46)26-37(35)48-41(40)43(53)49-38-24-30(44(54)56-4)12-17-39(38)50-21-18-33(19-22-50)52-20-9-23-57(52)55/h5-8,10-17,24-26,28,33,48H,1,9,18-23H2,2-4H3,(H,49,53)/b42-27+. The van der Waals surface area contributed by atoms with Gasteiger partial charge in [-0.2, -0.15) is 0 Å². The number of aromatic amines is 1. The minimum Gasteiger partial charge on any atom is -0.465 e. The van der Waals surface area contributed by atoms with E-state index in [9.17, 15) is 13.8 Å². The van der Waals surface area contributed by atoms with Gasteiger partial charge < -0.3 is 24.8 Å². The van der Waals surface area contributed by atoms with Gasteiger partial charge in [0.15, 0.2) is 0 Å². The Morgan fingerprint density at radius 3 is 2.35 bits per heavy atom. The van der Waals surface area contributed by atoms with Crippen LogP contribution in [0.15, 0.2) is 97.7 Å². The van der Waals surface area contributed by atoms with Crippen molar-refractivity contribution in [3.63, 3.8) is 0 Å². The Morgan fingerprint density at radius 2 is 1.68 bits per heavy atom. The number of hydrogen-bond acceptors (Lipinski definition) is 6. The number of carbonyl (C=O) groups excluding carboxylic acids is 2. The van der Waals surface area contributed by atoms with Gasteiger partial charge in [-0.15, -0.1) is 0 Å². The predicted molar refractivity (Wildman–Crippen MR) is 234 cm³/mol. The van der Waals surface area contributed by atoms with Gasteiger partial charge in [0.1, 0.15) is 5.69 Å². The van der Waals surface area contributed by atoms with Crippen LogP contribution in [0.5, 0.6) is 0 Å². The van der Waals surface area contributed by atoms with Gasteiger partial charge in [-0.05, 0) is 98.5 Å². The van der Waals surface area contributed by atoms with E-state index in [-0.39, 0.29) is 17.8 Å². The lowest BCUT2D eigenvalue weighted by atomic mass is 9.95. The van der Waals surface area contributed by atoms with Crippen molar-refractivity contribution in [2.24, 2.45) is 0 Å². The number of anilines is 2. The van der Waals surface area contributed by atoms with Crippen molar-refractivity contribution >= 4 is 91.2 Å². The van der Waals surface area contributed by atoms with E-state index in [1.54, 1.807) is 42.6 Å². The highest BCUT2D eigenvalue weighted by Gasteiger charge is 2.33. The maximum absolute atomic E-state index is 15.0. The SMILES string of the molecule is C=CN(/C(=C(\C)c1ccccc1)c1c(C(=O)Nc2cc(C(=O)OC)ccc2N2CCC(N3CCCS3=O)CC2)[nH]c2cc(Cl)ccc12)C(C)c1ccc(Cl)cc1Cl. The number of allylic oxidation sites excluding steroid dienone is 1. The highest BCUT2D eigenvalue weighted by Crippen LogP contribution is 2.43. The first kappa shape index (κ1) is 40.6. The molecule has 0 bridgehead atoms. The molecule has 2 unspecified atom stereocenters. The maximum atomic E-state index is 15.0. The smallest absolute Gasteiger partial charge is 0.337 e. The van der Waals surface area contributed by atoms with Crippen molar-refractivity contribution in [3.8, 4) is 0 Å².